The molecule has 284 valence electrons. The van der Waals surface area contributed by atoms with Crippen molar-refractivity contribution in [1.29, 1.82) is 0 Å². The van der Waals surface area contributed by atoms with Gasteiger partial charge in [-0.2, -0.15) is 13.2 Å². The van der Waals surface area contributed by atoms with Crippen molar-refractivity contribution >= 4 is 17.8 Å². The SMILES string of the molecule is CCC.CCC(CC)NCC(=O)NC(CNc1ncccn1)C(=O)NCCCc1ccccc1OCCCCN.Cc1cccc(C(F)(F)F)c1. The smallest absolute Gasteiger partial charge is 0.416 e. The van der Waals surface area contributed by atoms with Crippen LogP contribution in [0.4, 0.5) is 19.1 Å². The summed E-state index contributed by atoms with van der Waals surface area (Å²) < 4.78 is 41.8. The molecule has 1 heterocycles. The molecule has 2 aromatic carbocycles. The first kappa shape index (κ1) is 44.8. The highest BCUT2D eigenvalue weighted by Crippen LogP contribution is 2.29. The highest BCUT2D eigenvalue weighted by molar-refractivity contribution is 5.88. The van der Waals surface area contributed by atoms with E-state index in [-0.39, 0.29) is 30.9 Å². The third-order valence-corrected chi connectivity index (χ3v) is 7.31. The van der Waals surface area contributed by atoms with E-state index in [1.807, 2.05) is 24.3 Å². The van der Waals surface area contributed by atoms with Crippen LogP contribution in [-0.2, 0) is 22.2 Å². The number of para-hydroxylation sites is 1. The number of rotatable bonds is 19. The van der Waals surface area contributed by atoms with Crippen molar-refractivity contribution in [3.63, 3.8) is 0 Å². The van der Waals surface area contributed by atoms with Gasteiger partial charge in [-0.1, -0.05) is 76.1 Å². The van der Waals surface area contributed by atoms with Gasteiger partial charge in [0.2, 0.25) is 17.8 Å². The van der Waals surface area contributed by atoms with E-state index in [2.05, 4.69) is 58.9 Å². The first-order valence-corrected chi connectivity index (χ1v) is 17.8. The fourth-order valence-corrected chi connectivity index (χ4v) is 4.57. The van der Waals surface area contributed by atoms with Crippen LogP contribution in [0.5, 0.6) is 5.75 Å². The minimum absolute atomic E-state index is 0.153. The fourth-order valence-electron chi connectivity index (χ4n) is 4.57. The third-order valence-electron chi connectivity index (χ3n) is 7.31. The average molecular weight is 718 g/mol. The lowest BCUT2D eigenvalue weighted by Gasteiger charge is -2.20. The van der Waals surface area contributed by atoms with Crippen LogP contribution in [0, 0.1) is 6.92 Å². The Balaban J connectivity index is 0.000000773. The second kappa shape index (κ2) is 26.6. The van der Waals surface area contributed by atoms with Crippen molar-refractivity contribution in [2.75, 3.05) is 38.1 Å². The standard InChI is InChI=1S/C27H43N7O3.C8H7F3.C3H8/c1-3-22(4-2)32-20-25(35)34-23(19-33-27-30-16-10-17-31-27)26(36)29-15-9-12-21-11-5-6-13-24(21)37-18-8-7-14-28;1-6-3-2-4-7(5-6)8(9,10)11;1-3-2/h5-6,10-11,13,16-17,22-23,32H,3-4,7-9,12,14-15,18-20,28H2,1-2H3,(H,29,36)(H,34,35)(H,30,31,33);2-5H,1H3;3H2,1-2H3. The lowest BCUT2D eigenvalue weighted by atomic mass is 10.1. The molecule has 51 heavy (non-hydrogen) atoms. The summed E-state index contributed by atoms with van der Waals surface area (Å²) in [5.41, 5.74) is 6.69. The number of nitrogens with zero attached hydrogens (tertiary/aromatic N) is 2. The van der Waals surface area contributed by atoms with Crippen LogP contribution < -0.4 is 31.7 Å². The van der Waals surface area contributed by atoms with E-state index >= 15 is 0 Å². The Hall–Kier alpha value is -4.23. The predicted octanol–water partition coefficient (Wildman–Crippen LogP) is 6.45. The molecule has 13 heteroatoms. The second-order valence-electron chi connectivity index (χ2n) is 11.9. The second-order valence-corrected chi connectivity index (χ2v) is 11.9. The number of hydrogen-bond acceptors (Lipinski definition) is 8. The van der Waals surface area contributed by atoms with Crippen molar-refractivity contribution in [3.05, 3.63) is 83.7 Å². The van der Waals surface area contributed by atoms with Gasteiger partial charge in [-0.15, -0.1) is 0 Å². The Kier molecular flexibility index (Phi) is 23.3. The van der Waals surface area contributed by atoms with Gasteiger partial charge in [-0.3, -0.25) is 9.59 Å². The molecule has 0 radical (unpaired) electrons. The van der Waals surface area contributed by atoms with E-state index in [0.29, 0.717) is 31.2 Å². The van der Waals surface area contributed by atoms with Gasteiger partial charge in [0.1, 0.15) is 11.8 Å². The fraction of sp³-hybridized carbons (Fsp3) is 0.526. The quantitative estimate of drug-likeness (QED) is 0.0892. The number of aryl methyl sites for hydroxylation is 2. The molecule has 0 spiro atoms. The van der Waals surface area contributed by atoms with Crippen molar-refractivity contribution in [1.82, 2.24) is 25.9 Å². The largest absolute Gasteiger partial charge is 0.493 e. The summed E-state index contributed by atoms with van der Waals surface area (Å²) in [5, 5.41) is 12.0. The molecule has 1 aromatic heterocycles. The summed E-state index contributed by atoms with van der Waals surface area (Å²) in [5.74, 6) is 0.773. The van der Waals surface area contributed by atoms with Crippen LogP contribution >= 0.6 is 0 Å². The third kappa shape index (κ3) is 20.3. The zero-order valence-electron chi connectivity index (χ0n) is 30.8. The number of nitrogens with one attached hydrogen (secondary N) is 4. The number of aromatic nitrogens is 2. The van der Waals surface area contributed by atoms with Crippen LogP contribution in [0.1, 0.15) is 82.9 Å². The molecule has 1 unspecified atom stereocenters. The predicted molar refractivity (Wildman–Crippen MR) is 199 cm³/mol. The highest BCUT2D eigenvalue weighted by Gasteiger charge is 2.30. The number of amides is 2. The maximum Gasteiger partial charge on any atom is 0.416 e. The molecule has 0 aliphatic rings. The number of alkyl halides is 3. The average Bonchev–Trinajstić information content (AvgIpc) is 3.12. The molecular weight excluding hydrogens is 659 g/mol. The molecule has 0 bridgehead atoms. The van der Waals surface area contributed by atoms with Crippen LogP contribution in [0.2, 0.25) is 0 Å². The molecule has 1 atom stereocenters. The first-order valence-electron chi connectivity index (χ1n) is 17.8. The molecule has 0 saturated carbocycles. The molecule has 0 saturated heterocycles. The van der Waals surface area contributed by atoms with Crippen molar-refractivity contribution in [2.24, 2.45) is 5.73 Å². The highest BCUT2D eigenvalue weighted by atomic mass is 19.4. The maximum absolute atomic E-state index is 13.0. The van der Waals surface area contributed by atoms with Crippen molar-refractivity contribution < 1.29 is 27.5 Å². The van der Waals surface area contributed by atoms with E-state index in [4.69, 9.17) is 10.5 Å². The van der Waals surface area contributed by atoms with Gasteiger partial charge in [0.15, 0.2) is 0 Å². The molecule has 2 amide bonds. The molecule has 6 N–H and O–H groups in total. The van der Waals surface area contributed by atoms with Crippen molar-refractivity contribution in [3.8, 4) is 5.75 Å². The lowest BCUT2D eigenvalue weighted by molar-refractivity contribution is -0.137. The number of benzene rings is 2. The van der Waals surface area contributed by atoms with Gasteiger partial charge < -0.3 is 31.7 Å². The number of carbonyl (C=O) groups is 2. The summed E-state index contributed by atoms with van der Waals surface area (Å²) in [7, 11) is 0. The topological polar surface area (TPSA) is 143 Å². The zero-order valence-corrected chi connectivity index (χ0v) is 30.8. The first-order chi connectivity index (χ1) is 24.5. The Labute approximate surface area is 301 Å². The van der Waals surface area contributed by atoms with Gasteiger partial charge in [0.05, 0.1) is 18.7 Å². The number of halogens is 3. The van der Waals surface area contributed by atoms with E-state index in [9.17, 15) is 22.8 Å². The molecule has 0 aliphatic heterocycles. The van der Waals surface area contributed by atoms with E-state index in [0.717, 1.165) is 62.0 Å². The van der Waals surface area contributed by atoms with Crippen molar-refractivity contribution in [2.45, 2.75) is 97.8 Å². The van der Waals surface area contributed by atoms with Crippen LogP contribution in [0.3, 0.4) is 0 Å². The minimum atomic E-state index is -4.22. The van der Waals surface area contributed by atoms with E-state index in [1.54, 1.807) is 31.5 Å². The van der Waals surface area contributed by atoms with Gasteiger partial charge in [-0.25, -0.2) is 9.97 Å². The number of unbranched alkanes of at least 4 members (excludes halogenated alkanes) is 1. The van der Waals surface area contributed by atoms with E-state index < -0.39 is 17.8 Å². The number of anilines is 1. The Morgan fingerprint density at radius 2 is 1.61 bits per heavy atom. The van der Waals surface area contributed by atoms with Gasteiger partial charge in [-0.05, 0) is 75.8 Å². The summed E-state index contributed by atoms with van der Waals surface area (Å²) in [6.45, 7) is 12.1. The summed E-state index contributed by atoms with van der Waals surface area (Å²) in [6, 6.07) is 14.4. The number of nitrogens with two attached hydrogens (primary N) is 1. The number of ether oxygens (including phenoxy) is 1. The monoisotopic (exact) mass is 717 g/mol. The van der Waals surface area contributed by atoms with Gasteiger partial charge in [0, 0.05) is 31.5 Å². The Bertz CT molecular complexity index is 1360. The van der Waals surface area contributed by atoms with Crippen LogP contribution in [0.15, 0.2) is 67.0 Å². The molecule has 3 rings (SSSR count). The Morgan fingerprint density at radius 1 is 0.922 bits per heavy atom. The lowest BCUT2D eigenvalue weighted by Crippen LogP contribution is -2.53. The molecule has 10 nitrogen and oxygen atoms in total. The van der Waals surface area contributed by atoms with E-state index in [1.165, 1.54) is 12.5 Å². The summed E-state index contributed by atoms with van der Waals surface area (Å²) in [6.07, 6.45) is 5.48. The van der Waals surface area contributed by atoms with Crippen LogP contribution in [-0.4, -0.2) is 66.7 Å². The van der Waals surface area contributed by atoms with Crippen LogP contribution in [0.25, 0.3) is 0 Å². The maximum atomic E-state index is 13.0. The summed E-state index contributed by atoms with van der Waals surface area (Å²) >= 11 is 0. The van der Waals surface area contributed by atoms with Gasteiger partial charge >= 0.3 is 6.18 Å². The molecule has 0 fully saturated rings. The Morgan fingerprint density at radius 3 is 2.22 bits per heavy atom. The number of hydrogen-bond donors (Lipinski definition) is 5. The molecular formula is C38H58F3N7O3. The number of carbonyl (C=O) groups excluding carboxylic acids is 2. The summed E-state index contributed by atoms with van der Waals surface area (Å²) in [4.78, 5) is 33.8. The normalized spacial score (nSPS) is 11.3. The molecule has 0 aliphatic carbocycles. The van der Waals surface area contributed by atoms with Gasteiger partial charge in [0.25, 0.3) is 0 Å². The minimum Gasteiger partial charge on any atom is -0.493 e. The zero-order chi connectivity index (χ0) is 37.9. The molecule has 3 aromatic rings.